The molecule has 0 saturated carbocycles. The number of hydrogen-bond donors (Lipinski definition) is 2. The number of amides is 1. The molecule has 5 heteroatoms. The summed E-state index contributed by atoms with van der Waals surface area (Å²) in [7, 11) is 0. The number of rotatable bonds is 2. The van der Waals surface area contributed by atoms with Crippen molar-refractivity contribution in [2.45, 2.75) is 0 Å². The van der Waals surface area contributed by atoms with Crippen LogP contribution in [0.5, 0.6) is 0 Å². The Labute approximate surface area is 106 Å². The molecule has 4 nitrogen and oxygen atoms in total. The maximum Gasteiger partial charge on any atom is 0.272 e. The average Bonchev–Trinajstić information content (AvgIpc) is 2.77. The van der Waals surface area contributed by atoms with Crippen molar-refractivity contribution in [1.29, 1.82) is 5.26 Å². The van der Waals surface area contributed by atoms with E-state index in [0.717, 1.165) is 4.47 Å². The standard InChI is InChI=1S/C12H8BrN3O/c13-9-5-11(15-7-9)12(17)16-10-3-1-8(6-14)2-4-10/h1-5,7,15H,(H,16,17). The minimum absolute atomic E-state index is 0.222. The quantitative estimate of drug-likeness (QED) is 0.892. The number of aromatic nitrogens is 1. The SMILES string of the molecule is N#Cc1ccc(NC(=O)c2cc(Br)c[nH]2)cc1. The predicted molar refractivity (Wildman–Crippen MR) is 67.6 cm³/mol. The third kappa shape index (κ3) is 2.74. The molecule has 1 heterocycles. The molecule has 84 valence electrons. The lowest BCUT2D eigenvalue weighted by Gasteiger charge is -2.03. The first-order valence-electron chi connectivity index (χ1n) is 4.84. The number of carbonyl (C=O) groups is 1. The summed E-state index contributed by atoms with van der Waals surface area (Å²) in [6, 6.07) is 10.4. The van der Waals surface area contributed by atoms with Gasteiger partial charge in [0.2, 0.25) is 0 Å². The smallest absolute Gasteiger partial charge is 0.272 e. The number of carbonyl (C=O) groups excluding carboxylic acids is 1. The number of nitrogens with one attached hydrogen (secondary N) is 2. The highest BCUT2D eigenvalue weighted by Crippen LogP contribution is 2.13. The summed E-state index contributed by atoms with van der Waals surface area (Å²) in [5.74, 6) is -0.222. The number of anilines is 1. The third-order valence-electron chi connectivity index (χ3n) is 2.16. The van der Waals surface area contributed by atoms with E-state index in [-0.39, 0.29) is 5.91 Å². The van der Waals surface area contributed by atoms with Crippen LogP contribution in [0, 0.1) is 11.3 Å². The van der Waals surface area contributed by atoms with Crippen LogP contribution in [0.2, 0.25) is 0 Å². The van der Waals surface area contributed by atoms with E-state index >= 15 is 0 Å². The van der Waals surface area contributed by atoms with Gasteiger partial charge in [0.1, 0.15) is 5.69 Å². The van der Waals surface area contributed by atoms with Crippen molar-refractivity contribution < 1.29 is 4.79 Å². The van der Waals surface area contributed by atoms with E-state index in [9.17, 15) is 4.79 Å². The van der Waals surface area contributed by atoms with Crippen molar-refractivity contribution in [2.75, 3.05) is 5.32 Å². The number of halogens is 1. The zero-order chi connectivity index (χ0) is 12.3. The Bertz CT molecular complexity index is 581. The van der Waals surface area contributed by atoms with E-state index < -0.39 is 0 Å². The molecule has 0 spiro atoms. The first-order valence-corrected chi connectivity index (χ1v) is 5.64. The van der Waals surface area contributed by atoms with Gasteiger partial charge in [0, 0.05) is 16.4 Å². The van der Waals surface area contributed by atoms with Crippen LogP contribution < -0.4 is 5.32 Å². The molecular weight excluding hydrogens is 282 g/mol. The summed E-state index contributed by atoms with van der Waals surface area (Å²) >= 11 is 3.26. The van der Waals surface area contributed by atoms with Crippen molar-refractivity contribution in [2.24, 2.45) is 0 Å². The van der Waals surface area contributed by atoms with Gasteiger partial charge in [-0.25, -0.2) is 0 Å². The molecule has 1 aromatic heterocycles. The zero-order valence-corrected chi connectivity index (χ0v) is 10.3. The minimum Gasteiger partial charge on any atom is -0.356 e. The second-order valence-electron chi connectivity index (χ2n) is 3.37. The molecule has 17 heavy (non-hydrogen) atoms. The minimum atomic E-state index is -0.222. The molecule has 1 amide bonds. The van der Waals surface area contributed by atoms with Crippen LogP contribution in [0.4, 0.5) is 5.69 Å². The summed E-state index contributed by atoms with van der Waals surface area (Å²) in [6.07, 6.45) is 1.69. The van der Waals surface area contributed by atoms with Gasteiger partial charge in [-0.2, -0.15) is 5.26 Å². The molecule has 0 aliphatic carbocycles. The molecule has 0 radical (unpaired) electrons. The number of benzene rings is 1. The first kappa shape index (κ1) is 11.4. The van der Waals surface area contributed by atoms with Crippen LogP contribution in [-0.4, -0.2) is 10.9 Å². The van der Waals surface area contributed by atoms with E-state index in [1.807, 2.05) is 6.07 Å². The summed E-state index contributed by atoms with van der Waals surface area (Å²) in [6.45, 7) is 0. The third-order valence-corrected chi connectivity index (χ3v) is 2.62. The molecule has 2 N–H and O–H groups in total. The highest BCUT2D eigenvalue weighted by Gasteiger charge is 2.07. The molecule has 0 atom stereocenters. The van der Waals surface area contributed by atoms with Gasteiger partial charge in [-0.3, -0.25) is 4.79 Å². The van der Waals surface area contributed by atoms with E-state index in [1.54, 1.807) is 36.5 Å². The Morgan fingerprint density at radius 3 is 2.59 bits per heavy atom. The number of aromatic amines is 1. The van der Waals surface area contributed by atoms with Crippen LogP contribution >= 0.6 is 15.9 Å². The van der Waals surface area contributed by atoms with Crippen LogP contribution in [0.3, 0.4) is 0 Å². The lowest BCUT2D eigenvalue weighted by molar-refractivity contribution is 0.102. The molecule has 0 fully saturated rings. The molecule has 0 saturated heterocycles. The average molecular weight is 290 g/mol. The fourth-order valence-corrected chi connectivity index (χ4v) is 1.67. The van der Waals surface area contributed by atoms with Gasteiger partial charge in [-0.15, -0.1) is 0 Å². The summed E-state index contributed by atoms with van der Waals surface area (Å²) in [5, 5.41) is 11.4. The highest BCUT2D eigenvalue weighted by atomic mass is 79.9. The zero-order valence-electron chi connectivity index (χ0n) is 8.70. The van der Waals surface area contributed by atoms with Crippen molar-refractivity contribution in [3.63, 3.8) is 0 Å². The first-order chi connectivity index (χ1) is 8.19. The second kappa shape index (κ2) is 4.85. The van der Waals surface area contributed by atoms with Crippen LogP contribution in [0.1, 0.15) is 16.1 Å². The number of hydrogen-bond acceptors (Lipinski definition) is 2. The van der Waals surface area contributed by atoms with E-state index in [2.05, 4.69) is 26.2 Å². The molecule has 1 aromatic carbocycles. The largest absolute Gasteiger partial charge is 0.356 e. The Hall–Kier alpha value is -2.06. The monoisotopic (exact) mass is 289 g/mol. The maximum absolute atomic E-state index is 11.8. The molecule has 0 aliphatic heterocycles. The molecule has 2 aromatic rings. The number of nitrogens with zero attached hydrogens (tertiary/aromatic N) is 1. The normalized spacial score (nSPS) is 9.65. The van der Waals surface area contributed by atoms with Gasteiger partial charge in [-0.05, 0) is 46.3 Å². The van der Waals surface area contributed by atoms with Crippen LogP contribution in [0.15, 0.2) is 41.0 Å². The van der Waals surface area contributed by atoms with E-state index in [0.29, 0.717) is 16.9 Å². The highest BCUT2D eigenvalue weighted by molar-refractivity contribution is 9.10. The van der Waals surface area contributed by atoms with Gasteiger partial charge < -0.3 is 10.3 Å². The fourth-order valence-electron chi connectivity index (χ4n) is 1.33. The molecule has 0 aliphatic rings. The lowest BCUT2D eigenvalue weighted by Crippen LogP contribution is -2.11. The van der Waals surface area contributed by atoms with Gasteiger partial charge in [-0.1, -0.05) is 0 Å². The summed E-state index contributed by atoms with van der Waals surface area (Å²) < 4.78 is 0.822. The molecule has 0 bridgehead atoms. The number of H-pyrrole nitrogens is 1. The van der Waals surface area contributed by atoms with Crippen LogP contribution in [0.25, 0.3) is 0 Å². The summed E-state index contributed by atoms with van der Waals surface area (Å²) in [5.41, 5.74) is 1.69. The maximum atomic E-state index is 11.8. The second-order valence-corrected chi connectivity index (χ2v) is 4.29. The fraction of sp³-hybridized carbons (Fsp3) is 0. The Morgan fingerprint density at radius 1 is 1.35 bits per heavy atom. The van der Waals surface area contributed by atoms with Crippen molar-refractivity contribution >= 4 is 27.5 Å². The Kier molecular flexibility index (Phi) is 3.26. The van der Waals surface area contributed by atoms with Gasteiger partial charge >= 0.3 is 0 Å². The van der Waals surface area contributed by atoms with E-state index in [4.69, 9.17) is 5.26 Å². The van der Waals surface area contributed by atoms with Crippen LogP contribution in [-0.2, 0) is 0 Å². The molecule has 2 rings (SSSR count). The predicted octanol–water partition coefficient (Wildman–Crippen LogP) is 2.90. The lowest BCUT2D eigenvalue weighted by atomic mass is 10.2. The Balaban J connectivity index is 2.11. The molecular formula is C12H8BrN3O. The van der Waals surface area contributed by atoms with Gasteiger partial charge in [0.05, 0.1) is 11.6 Å². The van der Waals surface area contributed by atoms with Crippen molar-refractivity contribution in [3.8, 4) is 6.07 Å². The van der Waals surface area contributed by atoms with Gasteiger partial charge in [0.25, 0.3) is 5.91 Å². The topological polar surface area (TPSA) is 68.7 Å². The van der Waals surface area contributed by atoms with E-state index in [1.165, 1.54) is 0 Å². The molecule has 0 unspecified atom stereocenters. The number of nitriles is 1. The Morgan fingerprint density at radius 2 is 2.06 bits per heavy atom. The van der Waals surface area contributed by atoms with Crippen molar-refractivity contribution in [3.05, 3.63) is 52.3 Å². The van der Waals surface area contributed by atoms with Crippen molar-refractivity contribution in [1.82, 2.24) is 4.98 Å². The van der Waals surface area contributed by atoms with Gasteiger partial charge in [0.15, 0.2) is 0 Å². The summed E-state index contributed by atoms with van der Waals surface area (Å²) in [4.78, 5) is 14.6.